The third-order valence-corrected chi connectivity index (χ3v) is 5.32. The molecule has 0 saturated carbocycles. The lowest BCUT2D eigenvalue weighted by molar-refractivity contribution is -0.384. The molecule has 0 bridgehead atoms. The van der Waals surface area contributed by atoms with Crippen LogP contribution in [0.1, 0.15) is 23.1 Å². The first kappa shape index (κ1) is 21.5. The smallest absolute Gasteiger partial charge is 0.269 e. The fourth-order valence-electron chi connectivity index (χ4n) is 2.84. The Bertz CT molecular complexity index is 1110. The number of rotatable bonds is 7. The zero-order chi connectivity index (χ0) is 21.8. The Morgan fingerprint density at radius 3 is 2.37 bits per heavy atom. The van der Waals surface area contributed by atoms with Crippen LogP contribution in [0.2, 0.25) is 5.02 Å². The molecule has 1 amide bonds. The van der Waals surface area contributed by atoms with Crippen LogP contribution < -0.4 is 5.32 Å². The molecule has 0 spiro atoms. The van der Waals surface area contributed by atoms with E-state index < -0.39 is 4.92 Å². The molecule has 1 heterocycles. The van der Waals surface area contributed by atoms with Crippen LogP contribution in [0.5, 0.6) is 0 Å². The van der Waals surface area contributed by atoms with Gasteiger partial charge in [-0.25, -0.2) is 4.98 Å². The summed E-state index contributed by atoms with van der Waals surface area (Å²) in [5, 5.41) is 14.5. The number of nitrogens with zero attached hydrogens (tertiary/aromatic N) is 3. The molecule has 8 nitrogen and oxygen atoms in total. The topological polar surface area (TPSA) is 107 Å². The van der Waals surface area contributed by atoms with Gasteiger partial charge in [-0.1, -0.05) is 23.4 Å². The van der Waals surface area contributed by atoms with Gasteiger partial charge in [-0.15, -0.1) is 0 Å². The van der Waals surface area contributed by atoms with Gasteiger partial charge in [-0.05, 0) is 43.3 Å². The number of amides is 1. The van der Waals surface area contributed by atoms with Crippen molar-refractivity contribution in [1.82, 2.24) is 9.55 Å². The lowest BCUT2D eigenvalue weighted by Crippen LogP contribution is -2.15. The summed E-state index contributed by atoms with van der Waals surface area (Å²) in [5.41, 5.74) is 2.11. The maximum atomic E-state index is 12.3. The fourth-order valence-corrected chi connectivity index (χ4v) is 3.82. The Kier molecular flexibility index (Phi) is 6.53. The van der Waals surface area contributed by atoms with Crippen molar-refractivity contribution in [3.8, 4) is 5.69 Å². The predicted molar refractivity (Wildman–Crippen MR) is 116 cm³/mol. The van der Waals surface area contributed by atoms with Crippen molar-refractivity contribution in [3.63, 3.8) is 0 Å². The van der Waals surface area contributed by atoms with E-state index in [1.807, 2.05) is 0 Å². The molecular formula is C20H17ClN4O4S. The van der Waals surface area contributed by atoms with Crippen LogP contribution in [0.15, 0.2) is 53.7 Å². The fraction of sp³-hybridized carbons (Fsp3) is 0.150. The zero-order valence-electron chi connectivity index (χ0n) is 16.1. The number of non-ortho nitro benzene ring substituents is 1. The third-order valence-electron chi connectivity index (χ3n) is 4.13. The molecule has 3 rings (SSSR count). The summed E-state index contributed by atoms with van der Waals surface area (Å²) in [6.45, 7) is 3.20. The van der Waals surface area contributed by atoms with Gasteiger partial charge in [-0.3, -0.25) is 24.3 Å². The number of nitro benzene ring substituents is 1. The Morgan fingerprint density at radius 2 is 1.80 bits per heavy atom. The average molecular weight is 445 g/mol. The minimum Gasteiger partial charge on any atom is -0.325 e. The highest BCUT2D eigenvalue weighted by Gasteiger charge is 2.20. The second-order valence-electron chi connectivity index (χ2n) is 6.34. The number of nitrogens with one attached hydrogen (secondary N) is 1. The second-order valence-corrected chi connectivity index (χ2v) is 7.72. The van der Waals surface area contributed by atoms with Gasteiger partial charge in [0.15, 0.2) is 10.9 Å². The lowest BCUT2D eigenvalue weighted by atomic mass is 10.2. The van der Waals surface area contributed by atoms with Crippen LogP contribution in [0, 0.1) is 17.0 Å². The van der Waals surface area contributed by atoms with E-state index in [4.69, 9.17) is 11.6 Å². The van der Waals surface area contributed by atoms with E-state index in [2.05, 4.69) is 10.3 Å². The van der Waals surface area contributed by atoms with Gasteiger partial charge in [-0.2, -0.15) is 0 Å². The summed E-state index contributed by atoms with van der Waals surface area (Å²) < 4.78 is 1.71. The number of nitro groups is 1. The number of carbonyl (C=O) groups excluding carboxylic acids is 2. The number of aryl methyl sites for hydroxylation is 1. The maximum Gasteiger partial charge on any atom is 0.269 e. The third kappa shape index (κ3) is 4.87. The van der Waals surface area contributed by atoms with Crippen LogP contribution >= 0.6 is 23.4 Å². The number of aromatic nitrogens is 2. The predicted octanol–water partition coefficient (Wildman–Crippen LogP) is 4.68. The highest BCUT2D eigenvalue weighted by Crippen LogP contribution is 2.27. The number of hydrogen-bond donors (Lipinski definition) is 1. The molecule has 1 N–H and O–H groups in total. The molecule has 3 aromatic rings. The highest BCUT2D eigenvalue weighted by atomic mass is 35.5. The summed E-state index contributed by atoms with van der Waals surface area (Å²) in [5.74, 6) is -0.406. The van der Waals surface area contributed by atoms with E-state index in [-0.39, 0.29) is 23.1 Å². The molecule has 0 saturated heterocycles. The maximum absolute atomic E-state index is 12.3. The van der Waals surface area contributed by atoms with E-state index in [9.17, 15) is 19.7 Å². The number of anilines is 1. The largest absolute Gasteiger partial charge is 0.325 e. The van der Waals surface area contributed by atoms with Gasteiger partial charge in [0, 0.05) is 35.5 Å². The minimum absolute atomic E-state index is 0.0401. The highest BCUT2D eigenvalue weighted by molar-refractivity contribution is 7.99. The summed E-state index contributed by atoms with van der Waals surface area (Å²) in [6, 6.07) is 12.5. The Balaban J connectivity index is 1.78. The molecule has 0 fully saturated rings. The summed E-state index contributed by atoms with van der Waals surface area (Å²) in [4.78, 5) is 39.2. The first-order valence-electron chi connectivity index (χ1n) is 8.79. The summed E-state index contributed by atoms with van der Waals surface area (Å²) in [6.07, 6.45) is 0. The molecule has 2 aromatic carbocycles. The van der Waals surface area contributed by atoms with Crippen molar-refractivity contribution < 1.29 is 14.5 Å². The Labute approximate surface area is 181 Å². The number of hydrogen-bond acceptors (Lipinski definition) is 6. The normalized spacial score (nSPS) is 10.6. The van der Waals surface area contributed by atoms with E-state index in [1.165, 1.54) is 43.0 Å². The average Bonchev–Trinajstić information content (AvgIpc) is 3.04. The van der Waals surface area contributed by atoms with Crippen molar-refractivity contribution in [3.05, 3.63) is 75.1 Å². The van der Waals surface area contributed by atoms with Gasteiger partial charge in [0.05, 0.1) is 16.4 Å². The van der Waals surface area contributed by atoms with E-state index in [0.717, 1.165) is 0 Å². The quantitative estimate of drug-likeness (QED) is 0.245. The molecule has 0 unspecified atom stereocenters. The van der Waals surface area contributed by atoms with Crippen LogP contribution in [0.3, 0.4) is 0 Å². The number of Topliss-reactive ketones (excluding diaryl/α,β-unsaturated/α-hetero) is 1. The number of halogens is 1. The first-order valence-corrected chi connectivity index (χ1v) is 10.2. The molecule has 10 heteroatoms. The molecule has 0 aliphatic carbocycles. The van der Waals surface area contributed by atoms with Crippen LogP contribution in [-0.2, 0) is 4.79 Å². The van der Waals surface area contributed by atoms with Crippen LogP contribution in [0.25, 0.3) is 5.69 Å². The molecule has 154 valence electrons. The lowest BCUT2D eigenvalue weighted by Gasteiger charge is -2.11. The van der Waals surface area contributed by atoms with Gasteiger partial charge in [0.2, 0.25) is 5.91 Å². The van der Waals surface area contributed by atoms with Crippen molar-refractivity contribution in [2.75, 3.05) is 11.1 Å². The van der Waals surface area contributed by atoms with Crippen molar-refractivity contribution in [2.24, 2.45) is 0 Å². The number of carbonyl (C=O) groups is 2. The number of benzene rings is 2. The molecule has 0 aliphatic rings. The molecule has 0 radical (unpaired) electrons. The summed E-state index contributed by atoms with van der Waals surface area (Å²) >= 11 is 7.15. The van der Waals surface area contributed by atoms with Crippen molar-refractivity contribution in [1.29, 1.82) is 0 Å². The van der Waals surface area contributed by atoms with E-state index in [1.54, 1.807) is 35.8 Å². The monoisotopic (exact) mass is 444 g/mol. The molecule has 1 aromatic heterocycles. The molecule has 0 atom stereocenters. The first-order chi connectivity index (χ1) is 14.3. The van der Waals surface area contributed by atoms with Gasteiger partial charge >= 0.3 is 0 Å². The molecular weight excluding hydrogens is 428 g/mol. The van der Waals surface area contributed by atoms with E-state index >= 15 is 0 Å². The second kappa shape index (κ2) is 9.10. The number of ketones is 1. The standard InChI is InChI=1S/C20H17ClN4O4S/c1-12-19(13(2)26)24(16-7-3-14(21)4-8-16)20(22-12)30-11-18(27)23-15-5-9-17(10-6-15)25(28)29/h3-10H,11H2,1-2H3,(H,23,27). The van der Waals surface area contributed by atoms with Gasteiger partial charge in [0.25, 0.3) is 5.69 Å². The van der Waals surface area contributed by atoms with Crippen molar-refractivity contribution >= 4 is 46.4 Å². The van der Waals surface area contributed by atoms with Crippen molar-refractivity contribution in [2.45, 2.75) is 19.0 Å². The summed E-state index contributed by atoms with van der Waals surface area (Å²) in [7, 11) is 0. The molecule has 0 aliphatic heterocycles. The Hall–Kier alpha value is -3.17. The number of imidazole rings is 1. The minimum atomic E-state index is -0.507. The van der Waals surface area contributed by atoms with Crippen LogP contribution in [0.4, 0.5) is 11.4 Å². The SMILES string of the molecule is CC(=O)c1c(C)nc(SCC(=O)Nc2ccc([N+](=O)[O-])cc2)n1-c1ccc(Cl)cc1. The zero-order valence-corrected chi connectivity index (χ0v) is 17.7. The van der Waals surface area contributed by atoms with Gasteiger partial charge in [0.1, 0.15) is 5.69 Å². The van der Waals surface area contributed by atoms with Crippen LogP contribution in [-0.4, -0.2) is 31.9 Å². The number of thioether (sulfide) groups is 1. The van der Waals surface area contributed by atoms with E-state index in [0.29, 0.717) is 32.9 Å². The van der Waals surface area contributed by atoms with Gasteiger partial charge < -0.3 is 5.32 Å². The molecule has 30 heavy (non-hydrogen) atoms. The Morgan fingerprint density at radius 1 is 1.17 bits per heavy atom.